The number of carbonyl (C=O) groups is 1. The first-order valence-electron chi connectivity index (χ1n) is 7.82. The molecule has 6 heteroatoms. The summed E-state index contributed by atoms with van der Waals surface area (Å²) in [5.41, 5.74) is 3.75. The number of aryl methyl sites for hydroxylation is 1. The summed E-state index contributed by atoms with van der Waals surface area (Å²) in [6.07, 6.45) is 0.729. The molecule has 1 aliphatic heterocycles. The van der Waals surface area contributed by atoms with Crippen molar-refractivity contribution in [3.8, 4) is 0 Å². The highest BCUT2D eigenvalue weighted by molar-refractivity contribution is 7.89. The molecule has 24 heavy (non-hydrogen) atoms. The lowest BCUT2D eigenvalue weighted by atomic mass is 9.99. The SMILES string of the molecule is CNS(=O)(=O)c1ccc2c(c1)CN(C(=O)c1ccc(C)cc1)CC2. The number of amides is 1. The van der Waals surface area contributed by atoms with E-state index >= 15 is 0 Å². The standard InChI is InChI=1S/C18H20N2O3S/c1-13-3-5-15(6-4-13)18(21)20-10-9-14-7-8-17(11-16(14)12-20)24(22,23)19-2/h3-8,11,19H,9-10,12H2,1-2H3. The first kappa shape index (κ1) is 16.7. The minimum Gasteiger partial charge on any atom is -0.334 e. The molecule has 0 saturated carbocycles. The van der Waals surface area contributed by atoms with Gasteiger partial charge >= 0.3 is 0 Å². The van der Waals surface area contributed by atoms with Crippen LogP contribution in [0, 0.1) is 6.92 Å². The molecule has 0 radical (unpaired) electrons. The average Bonchev–Trinajstić information content (AvgIpc) is 2.60. The Bertz CT molecular complexity index is 874. The van der Waals surface area contributed by atoms with Gasteiger partial charge in [0.1, 0.15) is 0 Å². The van der Waals surface area contributed by atoms with Crippen molar-refractivity contribution in [1.82, 2.24) is 9.62 Å². The van der Waals surface area contributed by atoms with E-state index in [9.17, 15) is 13.2 Å². The fraction of sp³-hybridized carbons (Fsp3) is 0.278. The lowest BCUT2D eigenvalue weighted by molar-refractivity contribution is 0.0734. The van der Waals surface area contributed by atoms with Gasteiger partial charge in [-0.05, 0) is 55.8 Å². The maximum absolute atomic E-state index is 12.7. The summed E-state index contributed by atoms with van der Waals surface area (Å²) in [5.74, 6) is -0.0254. The van der Waals surface area contributed by atoms with Gasteiger partial charge in [0.25, 0.3) is 5.91 Å². The van der Waals surface area contributed by atoms with E-state index in [1.54, 1.807) is 17.0 Å². The molecule has 3 rings (SSSR count). The molecule has 2 aromatic rings. The average molecular weight is 344 g/mol. The van der Waals surface area contributed by atoms with Crippen LogP contribution < -0.4 is 4.72 Å². The maximum Gasteiger partial charge on any atom is 0.254 e. The topological polar surface area (TPSA) is 66.5 Å². The second-order valence-electron chi connectivity index (χ2n) is 5.98. The van der Waals surface area contributed by atoms with Gasteiger partial charge in [-0.25, -0.2) is 13.1 Å². The summed E-state index contributed by atoms with van der Waals surface area (Å²) in [6, 6.07) is 12.6. The van der Waals surface area contributed by atoms with E-state index in [-0.39, 0.29) is 10.8 Å². The zero-order valence-electron chi connectivity index (χ0n) is 13.7. The van der Waals surface area contributed by atoms with E-state index in [1.165, 1.54) is 7.05 Å². The van der Waals surface area contributed by atoms with Crippen LogP contribution in [0.3, 0.4) is 0 Å². The van der Waals surface area contributed by atoms with Crippen molar-refractivity contribution in [1.29, 1.82) is 0 Å². The number of hydrogen-bond donors (Lipinski definition) is 1. The molecule has 1 amide bonds. The Kier molecular flexibility index (Phi) is 4.43. The molecule has 0 atom stereocenters. The fourth-order valence-electron chi connectivity index (χ4n) is 2.87. The highest BCUT2D eigenvalue weighted by atomic mass is 32.2. The lowest BCUT2D eigenvalue weighted by Crippen LogP contribution is -2.36. The third-order valence-electron chi connectivity index (χ3n) is 4.35. The van der Waals surface area contributed by atoms with E-state index in [2.05, 4.69) is 4.72 Å². The Balaban J connectivity index is 1.86. The third-order valence-corrected chi connectivity index (χ3v) is 5.77. The minimum atomic E-state index is -3.48. The molecule has 1 heterocycles. The maximum atomic E-state index is 12.7. The normalized spacial score (nSPS) is 14.3. The lowest BCUT2D eigenvalue weighted by Gasteiger charge is -2.29. The van der Waals surface area contributed by atoms with Crippen LogP contribution >= 0.6 is 0 Å². The van der Waals surface area contributed by atoms with Gasteiger partial charge in [0.2, 0.25) is 10.0 Å². The highest BCUT2D eigenvalue weighted by Crippen LogP contribution is 2.23. The molecular weight excluding hydrogens is 324 g/mol. The molecule has 0 bridgehead atoms. The molecule has 0 saturated heterocycles. The number of hydrogen-bond acceptors (Lipinski definition) is 3. The Morgan fingerprint density at radius 3 is 2.46 bits per heavy atom. The van der Waals surface area contributed by atoms with E-state index in [4.69, 9.17) is 0 Å². The summed E-state index contributed by atoms with van der Waals surface area (Å²) >= 11 is 0. The number of benzene rings is 2. The van der Waals surface area contributed by atoms with Crippen LogP contribution in [0.15, 0.2) is 47.4 Å². The zero-order valence-corrected chi connectivity index (χ0v) is 14.6. The molecule has 0 fully saturated rings. The molecule has 5 nitrogen and oxygen atoms in total. The van der Waals surface area contributed by atoms with Crippen molar-refractivity contribution in [2.75, 3.05) is 13.6 Å². The van der Waals surface area contributed by atoms with Crippen LogP contribution in [0.5, 0.6) is 0 Å². The van der Waals surface area contributed by atoms with Crippen molar-refractivity contribution in [3.05, 3.63) is 64.7 Å². The summed E-state index contributed by atoms with van der Waals surface area (Å²) in [7, 11) is -2.09. The monoisotopic (exact) mass is 344 g/mol. The summed E-state index contributed by atoms with van der Waals surface area (Å²) in [6.45, 7) is 3.04. The van der Waals surface area contributed by atoms with Crippen LogP contribution in [0.2, 0.25) is 0 Å². The Labute approximate surface area is 142 Å². The van der Waals surface area contributed by atoms with E-state index in [0.717, 1.165) is 23.1 Å². The van der Waals surface area contributed by atoms with Crippen LogP contribution in [-0.4, -0.2) is 32.8 Å². The second kappa shape index (κ2) is 6.37. The number of rotatable bonds is 3. The van der Waals surface area contributed by atoms with Crippen LogP contribution in [0.4, 0.5) is 0 Å². The van der Waals surface area contributed by atoms with E-state index in [0.29, 0.717) is 18.7 Å². The van der Waals surface area contributed by atoms with Crippen LogP contribution in [0.1, 0.15) is 27.0 Å². The second-order valence-corrected chi connectivity index (χ2v) is 7.87. The van der Waals surface area contributed by atoms with Crippen molar-refractivity contribution < 1.29 is 13.2 Å². The third kappa shape index (κ3) is 3.20. The van der Waals surface area contributed by atoms with Gasteiger partial charge in [0.15, 0.2) is 0 Å². The predicted molar refractivity (Wildman–Crippen MR) is 92.3 cm³/mol. The predicted octanol–water partition coefficient (Wildman–Crippen LogP) is 2.10. The summed E-state index contributed by atoms with van der Waals surface area (Å²) in [5, 5.41) is 0. The smallest absolute Gasteiger partial charge is 0.254 e. The number of sulfonamides is 1. The van der Waals surface area contributed by atoms with Gasteiger partial charge < -0.3 is 4.90 Å². The molecule has 0 aromatic heterocycles. The van der Waals surface area contributed by atoms with Gasteiger partial charge in [-0.2, -0.15) is 0 Å². The molecule has 126 valence electrons. The first-order chi connectivity index (χ1) is 11.4. The molecular formula is C18H20N2O3S. The molecule has 0 spiro atoms. The van der Waals surface area contributed by atoms with Crippen LogP contribution in [0.25, 0.3) is 0 Å². The number of nitrogens with zero attached hydrogens (tertiary/aromatic N) is 1. The van der Waals surface area contributed by atoms with Crippen molar-refractivity contribution in [2.45, 2.75) is 24.8 Å². The van der Waals surface area contributed by atoms with Crippen molar-refractivity contribution in [3.63, 3.8) is 0 Å². The largest absolute Gasteiger partial charge is 0.334 e. The number of carbonyl (C=O) groups excluding carboxylic acids is 1. The number of fused-ring (bicyclic) bond motifs is 1. The highest BCUT2D eigenvalue weighted by Gasteiger charge is 2.23. The molecule has 0 aliphatic carbocycles. The van der Waals surface area contributed by atoms with Gasteiger partial charge in [-0.3, -0.25) is 4.79 Å². The van der Waals surface area contributed by atoms with Gasteiger partial charge in [-0.15, -0.1) is 0 Å². The summed E-state index contributed by atoms with van der Waals surface area (Å²) < 4.78 is 26.2. The quantitative estimate of drug-likeness (QED) is 0.927. The van der Waals surface area contributed by atoms with Crippen LogP contribution in [-0.2, 0) is 23.0 Å². The van der Waals surface area contributed by atoms with E-state index in [1.807, 2.05) is 37.3 Å². The van der Waals surface area contributed by atoms with Crippen molar-refractivity contribution in [2.24, 2.45) is 0 Å². The minimum absolute atomic E-state index is 0.0254. The Hall–Kier alpha value is -2.18. The zero-order chi connectivity index (χ0) is 17.3. The van der Waals surface area contributed by atoms with Crippen molar-refractivity contribution >= 4 is 15.9 Å². The van der Waals surface area contributed by atoms with E-state index < -0.39 is 10.0 Å². The van der Waals surface area contributed by atoms with Gasteiger partial charge in [0, 0.05) is 18.7 Å². The first-order valence-corrected chi connectivity index (χ1v) is 9.30. The molecule has 0 unspecified atom stereocenters. The molecule has 1 N–H and O–H groups in total. The Morgan fingerprint density at radius 2 is 1.79 bits per heavy atom. The Morgan fingerprint density at radius 1 is 1.08 bits per heavy atom. The number of nitrogens with one attached hydrogen (secondary N) is 1. The van der Waals surface area contributed by atoms with Gasteiger partial charge in [-0.1, -0.05) is 23.8 Å². The molecule has 1 aliphatic rings. The van der Waals surface area contributed by atoms with Gasteiger partial charge in [0.05, 0.1) is 4.90 Å². The molecule has 2 aromatic carbocycles. The summed E-state index contributed by atoms with van der Waals surface area (Å²) in [4.78, 5) is 14.7. The fourth-order valence-corrected chi connectivity index (χ4v) is 3.65.